The van der Waals surface area contributed by atoms with E-state index in [4.69, 9.17) is 10.5 Å². The van der Waals surface area contributed by atoms with Crippen LogP contribution in [0.5, 0.6) is 5.75 Å². The Morgan fingerprint density at radius 2 is 1.82 bits per heavy atom. The molecule has 5 heteroatoms. The van der Waals surface area contributed by atoms with E-state index in [1.54, 1.807) is 0 Å². The summed E-state index contributed by atoms with van der Waals surface area (Å²) in [6.45, 7) is 2.45. The third-order valence-electron chi connectivity index (χ3n) is 2.33. The molecule has 2 nitrogen and oxygen atoms in total. The van der Waals surface area contributed by atoms with E-state index in [9.17, 15) is 13.2 Å². The fraction of sp³-hybridized carbons (Fsp3) is 0.500. The van der Waals surface area contributed by atoms with Gasteiger partial charge in [0.15, 0.2) is 0 Å². The number of ether oxygens (including phenoxy) is 1. The second kappa shape index (κ2) is 5.91. The summed E-state index contributed by atoms with van der Waals surface area (Å²) in [5.74, 6) is 0.447. The molecule has 1 atom stereocenters. The van der Waals surface area contributed by atoms with E-state index < -0.39 is 11.7 Å². The van der Waals surface area contributed by atoms with Crippen molar-refractivity contribution in [3.63, 3.8) is 0 Å². The number of halogens is 3. The molecule has 0 amide bonds. The second-order valence-electron chi connectivity index (χ2n) is 3.88. The van der Waals surface area contributed by atoms with Crippen LogP contribution in [0, 0.1) is 0 Å². The lowest BCUT2D eigenvalue weighted by atomic mass is 10.2. The zero-order valence-corrected chi connectivity index (χ0v) is 9.63. The Bertz CT molecular complexity index is 335. The van der Waals surface area contributed by atoms with Crippen LogP contribution in [0.15, 0.2) is 24.3 Å². The summed E-state index contributed by atoms with van der Waals surface area (Å²) in [6, 6.07) is 4.71. The summed E-state index contributed by atoms with van der Waals surface area (Å²) in [4.78, 5) is 0. The molecule has 1 aromatic carbocycles. The quantitative estimate of drug-likeness (QED) is 0.867. The first kappa shape index (κ1) is 13.8. The Hall–Kier alpha value is -1.23. The minimum atomic E-state index is -4.30. The predicted molar refractivity (Wildman–Crippen MR) is 59.8 cm³/mol. The van der Waals surface area contributed by atoms with Crippen LogP contribution in [0.4, 0.5) is 13.2 Å². The molecule has 17 heavy (non-hydrogen) atoms. The highest BCUT2D eigenvalue weighted by Gasteiger charge is 2.30. The van der Waals surface area contributed by atoms with Gasteiger partial charge in [-0.1, -0.05) is 0 Å². The summed E-state index contributed by atoms with van der Waals surface area (Å²) in [5, 5.41) is 0. The van der Waals surface area contributed by atoms with E-state index in [0.717, 1.165) is 25.0 Å². The van der Waals surface area contributed by atoms with E-state index in [0.29, 0.717) is 12.3 Å². The Morgan fingerprint density at radius 1 is 1.24 bits per heavy atom. The van der Waals surface area contributed by atoms with Crippen molar-refractivity contribution in [2.75, 3.05) is 6.54 Å². The monoisotopic (exact) mass is 247 g/mol. The third kappa shape index (κ3) is 4.65. The van der Waals surface area contributed by atoms with Crippen LogP contribution in [0.25, 0.3) is 0 Å². The van der Waals surface area contributed by atoms with Gasteiger partial charge in [-0.15, -0.1) is 0 Å². The second-order valence-corrected chi connectivity index (χ2v) is 3.88. The van der Waals surface area contributed by atoms with E-state index in [-0.39, 0.29) is 6.10 Å². The van der Waals surface area contributed by atoms with Crippen molar-refractivity contribution in [3.8, 4) is 5.75 Å². The van der Waals surface area contributed by atoms with Gasteiger partial charge in [0.2, 0.25) is 0 Å². The van der Waals surface area contributed by atoms with Gasteiger partial charge in [-0.05, 0) is 50.6 Å². The normalized spacial score (nSPS) is 13.5. The lowest BCUT2D eigenvalue weighted by Crippen LogP contribution is -2.14. The van der Waals surface area contributed by atoms with E-state index in [1.807, 2.05) is 6.92 Å². The van der Waals surface area contributed by atoms with Crippen molar-refractivity contribution >= 4 is 0 Å². The number of alkyl halides is 3. The van der Waals surface area contributed by atoms with Crippen molar-refractivity contribution in [3.05, 3.63) is 29.8 Å². The molecule has 2 N–H and O–H groups in total. The van der Waals surface area contributed by atoms with Crippen LogP contribution in [0.3, 0.4) is 0 Å². The molecule has 0 aliphatic heterocycles. The Labute approximate surface area is 98.6 Å². The van der Waals surface area contributed by atoms with Crippen LogP contribution < -0.4 is 10.5 Å². The third-order valence-corrected chi connectivity index (χ3v) is 2.33. The molecular weight excluding hydrogens is 231 g/mol. The van der Waals surface area contributed by atoms with Gasteiger partial charge in [-0.2, -0.15) is 13.2 Å². The van der Waals surface area contributed by atoms with Crippen molar-refractivity contribution in [2.45, 2.75) is 32.0 Å². The SMILES string of the molecule is CC(CCCN)Oc1ccc(C(F)(F)F)cc1. The van der Waals surface area contributed by atoms with Gasteiger partial charge in [-0.3, -0.25) is 0 Å². The smallest absolute Gasteiger partial charge is 0.416 e. The van der Waals surface area contributed by atoms with Crippen LogP contribution >= 0.6 is 0 Å². The first-order valence-electron chi connectivity index (χ1n) is 5.47. The van der Waals surface area contributed by atoms with Crippen LogP contribution in [0.1, 0.15) is 25.3 Å². The molecule has 1 aromatic rings. The van der Waals surface area contributed by atoms with Crippen LogP contribution in [-0.4, -0.2) is 12.6 Å². The molecule has 0 aliphatic rings. The largest absolute Gasteiger partial charge is 0.491 e. The Kier molecular flexibility index (Phi) is 4.81. The molecule has 1 unspecified atom stereocenters. The number of nitrogens with two attached hydrogens (primary N) is 1. The molecular formula is C12H16F3NO. The zero-order chi connectivity index (χ0) is 12.9. The maximum Gasteiger partial charge on any atom is 0.416 e. The van der Waals surface area contributed by atoms with Crippen LogP contribution in [-0.2, 0) is 6.18 Å². The molecule has 0 aliphatic carbocycles. The number of hydrogen-bond acceptors (Lipinski definition) is 2. The topological polar surface area (TPSA) is 35.2 Å². The first-order valence-corrected chi connectivity index (χ1v) is 5.47. The highest BCUT2D eigenvalue weighted by Crippen LogP contribution is 2.30. The molecule has 0 saturated carbocycles. The zero-order valence-electron chi connectivity index (χ0n) is 9.63. The lowest BCUT2D eigenvalue weighted by molar-refractivity contribution is -0.137. The van der Waals surface area contributed by atoms with Crippen molar-refractivity contribution in [2.24, 2.45) is 5.73 Å². The summed E-state index contributed by atoms with van der Waals surface area (Å²) in [7, 11) is 0. The fourth-order valence-corrected chi connectivity index (χ4v) is 1.42. The summed E-state index contributed by atoms with van der Waals surface area (Å²) in [5.41, 5.74) is 4.69. The van der Waals surface area contributed by atoms with Gasteiger partial charge in [0, 0.05) is 0 Å². The molecule has 0 spiro atoms. The van der Waals surface area contributed by atoms with Crippen molar-refractivity contribution in [1.29, 1.82) is 0 Å². The van der Waals surface area contributed by atoms with Gasteiger partial charge in [0.05, 0.1) is 11.7 Å². The average molecular weight is 247 g/mol. The Balaban J connectivity index is 2.56. The molecule has 96 valence electrons. The van der Waals surface area contributed by atoms with E-state index in [1.165, 1.54) is 12.1 Å². The first-order chi connectivity index (χ1) is 7.93. The molecule has 0 saturated heterocycles. The summed E-state index contributed by atoms with van der Waals surface area (Å²) in [6.07, 6.45) is -2.72. The van der Waals surface area contributed by atoms with Gasteiger partial charge in [0.25, 0.3) is 0 Å². The lowest BCUT2D eigenvalue weighted by Gasteiger charge is -2.15. The minimum Gasteiger partial charge on any atom is -0.491 e. The summed E-state index contributed by atoms with van der Waals surface area (Å²) < 4.78 is 42.3. The standard InChI is InChI=1S/C12H16F3NO/c1-9(3-2-8-16)17-11-6-4-10(5-7-11)12(13,14)15/h4-7,9H,2-3,8,16H2,1H3. The van der Waals surface area contributed by atoms with Gasteiger partial charge >= 0.3 is 6.18 Å². The fourth-order valence-electron chi connectivity index (χ4n) is 1.42. The number of benzene rings is 1. The predicted octanol–water partition coefficient (Wildman–Crippen LogP) is 3.21. The van der Waals surface area contributed by atoms with Gasteiger partial charge in [0.1, 0.15) is 5.75 Å². The number of rotatable bonds is 5. The molecule has 0 radical (unpaired) electrons. The number of hydrogen-bond donors (Lipinski definition) is 1. The van der Waals surface area contributed by atoms with Crippen molar-refractivity contribution < 1.29 is 17.9 Å². The highest BCUT2D eigenvalue weighted by molar-refractivity contribution is 5.28. The molecule has 0 heterocycles. The van der Waals surface area contributed by atoms with E-state index in [2.05, 4.69) is 0 Å². The maximum absolute atomic E-state index is 12.3. The average Bonchev–Trinajstić information content (AvgIpc) is 2.26. The molecule has 1 rings (SSSR count). The van der Waals surface area contributed by atoms with Gasteiger partial charge in [-0.25, -0.2) is 0 Å². The minimum absolute atomic E-state index is 0.0460. The molecule has 0 fully saturated rings. The van der Waals surface area contributed by atoms with Crippen LogP contribution in [0.2, 0.25) is 0 Å². The maximum atomic E-state index is 12.3. The molecule has 0 bridgehead atoms. The van der Waals surface area contributed by atoms with Crippen molar-refractivity contribution in [1.82, 2.24) is 0 Å². The van der Waals surface area contributed by atoms with E-state index >= 15 is 0 Å². The Morgan fingerprint density at radius 3 is 2.29 bits per heavy atom. The highest BCUT2D eigenvalue weighted by atomic mass is 19.4. The summed E-state index contributed by atoms with van der Waals surface area (Å²) >= 11 is 0. The molecule has 0 aromatic heterocycles. The van der Waals surface area contributed by atoms with Gasteiger partial charge < -0.3 is 10.5 Å².